The van der Waals surface area contributed by atoms with E-state index >= 15 is 0 Å². The Morgan fingerprint density at radius 3 is 2.89 bits per heavy atom. The first-order chi connectivity index (χ1) is 9.22. The van der Waals surface area contributed by atoms with Gasteiger partial charge in [-0.15, -0.1) is 0 Å². The Balaban J connectivity index is 2.01. The predicted octanol–water partition coefficient (Wildman–Crippen LogP) is 2.45. The smallest absolute Gasteiger partial charge is 0.289 e. The van der Waals surface area contributed by atoms with Crippen molar-refractivity contribution in [3.8, 4) is 0 Å². The first-order valence-electron chi connectivity index (χ1n) is 5.68. The second-order valence-electron chi connectivity index (χ2n) is 3.83. The topological polar surface area (TPSA) is 64.4 Å². The van der Waals surface area contributed by atoms with Crippen LogP contribution < -0.4 is 5.32 Å². The maximum atomic E-state index is 11.7. The molecule has 0 aliphatic carbocycles. The summed E-state index contributed by atoms with van der Waals surface area (Å²) in [5, 5.41) is 6.78. The highest BCUT2D eigenvalue weighted by atomic mass is 35.5. The number of nitrogens with zero attached hydrogens (tertiary/aromatic N) is 1. The van der Waals surface area contributed by atoms with E-state index in [1.54, 1.807) is 13.2 Å². The molecule has 0 aliphatic rings. The van der Waals surface area contributed by atoms with Crippen molar-refractivity contribution in [1.82, 2.24) is 10.5 Å². The van der Waals surface area contributed by atoms with Crippen molar-refractivity contribution in [2.24, 2.45) is 0 Å². The van der Waals surface area contributed by atoms with Gasteiger partial charge in [0.15, 0.2) is 0 Å². The zero-order valence-corrected chi connectivity index (χ0v) is 11.1. The van der Waals surface area contributed by atoms with Crippen molar-refractivity contribution in [1.29, 1.82) is 0 Å². The van der Waals surface area contributed by atoms with Crippen LogP contribution >= 0.6 is 11.6 Å². The van der Waals surface area contributed by atoms with E-state index < -0.39 is 0 Å². The van der Waals surface area contributed by atoms with E-state index in [1.165, 1.54) is 12.3 Å². The van der Waals surface area contributed by atoms with E-state index in [0.29, 0.717) is 11.6 Å². The van der Waals surface area contributed by atoms with Gasteiger partial charge in [0.25, 0.3) is 5.91 Å². The molecule has 1 aromatic heterocycles. The number of hydrogen-bond donors (Lipinski definition) is 1. The molecule has 19 heavy (non-hydrogen) atoms. The van der Waals surface area contributed by atoms with Gasteiger partial charge in [0, 0.05) is 30.3 Å². The van der Waals surface area contributed by atoms with Crippen LogP contribution in [-0.2, 0) is 4.74 Å². The zero-order valence-electron chi connectivity index (χ0n) is 10.3. The van der Waals surface area contributed by atoms with Crippen molar-refractivity contribution < 1.29 is 14.1 Å². The van der Waals surface area contributed by atoms with Gasteiger partial charge in [-0.05, 0) is 6.07 Å². The van der Waals surface area contributed by atoms with Gasteiger partial charge in [0.2, 0.25) is 5.76 Å². The zero-order chi connectivity index (χ0) is 13.7. The Hall–Kier alpha value is -1.85. The van der Waals surface area contributed by atoms with Gasteiger partial charge in [-0.1, -0.05) is 35.0 Å². The molecule has 0 saturated carbocycles. The molecule has 1 N–H and O–H groups in total. The number of hydrogen-bond acceptors (Lipinski definition) is 4. The molecule has 1 heterocycles. The quantitative estimate of drug-likeness (QED) is 0.914. The Bertz CT molecular complexity index is 543. The second kappa shape index (κ2) is 6.36. The Morgan fingerprint density at radius 2 is 2.26 bits per heavy atom. The van der Waals surface area contributed by atoms with Crippen LogP contribution in [0.25, 0.3) is 0 Å². The number of carbonyl (C=O) groups excluding carboxylic acids is 1. The van der Waals surface area contributed by atoms with E-state index in [0.717, 1.165) is 5.56 Å². The van der Waals surface area contributed by atoms with Gasteiger partial charge in [-0.3, -0.25) is 4.79 Å². The largest absolute Gasteiger partial charge is 0.375 e. The standard InChI is InChI=1S/C13H13ClN2O3/c1-18-12(9-4-2-3-5-10(9)14)8-15-13(17)11-6-7-16-19-11/h2-7,12H,8H2,1H3,(H,15,17). The molecular weight excluding hydrogens is 268 g/mol. The van der Waals surface area contributed by atoms with Gasteiger partial charge in [-0.2, -0.15) is 0 Å². The molecule has 0 fully saturated rings. The third kappa shape index (κ3) is 3.33. The summed E-state index contributed by atoms with van der Waals surface area (Å²) in [6.45, 7) is 0.291. The third-order valence-electron chi connectivity index (χ3n) is 2.65. The lowest BCUT2D eigenvalue weighted by atomic mass is 10.1. The molecule has 100 valence electrons. The number of benzene rings is 1. The van der Waals surface area contributed by atoms with Crippen molar-refractivity contribution in [2.45, 2.75) is 6.10 Å². The first-order valence-corrected chi connectivity index (χ1v) is 6.06. The van der Waals surface area contributed by atoms with Gasteiger partial charge < -0.3 is 14.6 Å². The maximum Gasteiger partial charge on any atom is 0.289 e. The summed E-state index contributed by atoms with van der Waals surface area (Å²) in [5.74, 6) is -0.180. The van der Waals surface area contributed by atoms with Crippen LogP contribution in [0.1, 0.15) is 22.2 Å². The summed E-state index contributed by atoms with van der Waals surface area (Å²) < 4.78 is 10.1. The molecule has 0 radical (unpaired) electrons. The second-order valence-corrected chi connectivity index (χ2v) is 4.24. The molecule has 0 saturated heterocycles. The molecule has 2 aromatic rings. The van der Waals surface area contributed by atoms with Gasteiger partial charge in [0.05, 0.1) is 6.20 Å². The minimum Gasteiger partial charge on any atom is -0.375 e. The Labute approximate surface area is 115 Å². The summed E-state index contributed by atoms with van der Waals surface area (Å²) in [7, 11) is 1.56. The monoisotopic (exact) mass is 280 g/mol. The van der Waals surface area contributed by atoms with Crippen molar-refractivity contribution in [3.63, 3.8) is 0 Å². The van der Waals surface area contributed by atoms with Gasteiger partial charge in [0.1, 0.15) is 6.10 Å². The number of nitrogens with one attached hydrogen (secondary N) is 1. The number of aromatic nitrogens is 1. The molecule has 1 atom stereocenters. The number of halogens is 1. The summed E-state index contributed by atoms with van der Waals surface area (Å²) in [4.78, 5) is 11.7. The van der Waals surface area contributed by atoms with Crippen LogP contribution in [0, 0.1) is 0 Å². The number of amides is 1. The lowest BCUT2D eigenvalue weighted by Crippen LogP contribution is -2.29. The highest BCUT2D eigenvalue weighted by Crippen LogP contribution is 2.24. The molecule has 5 nitrogen and oxygen atoms in total. The molecule has 1 aromatic carbocycles. The van der Waals surface area contributed by atoms with Crippen LogP contribution in [0.3, 0.4) is 0 Å². The Morgan fingerprint density at radius 1 is 1.47 bits per heavy atom. The van der Waals surface area contributed by atoms with E-state index in [4.69, 9.17) is 20.9 Å². The lowest BCUT2D eigenvalue weighted by Gasteiger charge is -2.17. The average Bonchev–Trinajstić information content (AvgIpc) is 2.95. The molecule has 0 spiro atoms. The van der Waals surface area contributed by atoms with Crippen LogP contribution in [0.5, 0.6) is 0 Å². The number of rotatable bonds is 5. The van der Waals surface area contributed by atoms with Crippen LogP contribution in [0.2, 0.25) is 5.02 Å². The van der Waals surface area contributed by atoms with Crippen LogP contribution in [-0.4, -0.2) is 24.7 Å². The van der Waals surface area contributed by atoms with E-state index in [-0.39, 0.29) is 17.8 Å². The maximum absolute atomic E-state index is 11.7. The number of methoxy groups -OCH3 is 1. The van der Waals surface area contributed by atoms with Crippen molar-refractivity contribution in [2.75, 3.05) is 13.7 Å². The van der Waals surface area contributed by atoms with Crippen molar-refractivity contribution >= 4 is 17.5 Å². The summed E-state index contributed by atoms with van der Waals surface area (Å²) in [6, 6.07) is 8.84. The highest BCUT2D eigenvalue weighted by Gasteiger charge is 2.16. The molecule has 6 heteroatoms. The Kier molecular flexibility index (Phi) is 4.54. The minimum absolute atomic E-state index is 0.161. The summed E-state index contributed by atoms with van der Waals surface area (Å²) >= 11 is 6.09. The summed E-state index contributed by atoms with van der Waals surface area (Å²) in [6.07, 6.45) is 1.09. The highest BCUT2D eigenvalue weighted by molar-refractivity contribution is 6.31. The average molecular weight is 281 g/mol. The van der Waals surface area contributed by atoms with Gasteiger partial charge >= 0.3 is 0 Å². The van der Waals surface area contributed by atoms with E-state index in [1.807, 2.05) is 18.2 Å². The lowest BCUT2D eigenvalue weighted by molar-refractivity contribution is 0.0801. The van der Waals surface area contributed by atoms with Crippen LogP contribution in [0.15, 0.2) is 41.1 Å². The van der Waals surface area contributed by atoms with E-state index in [9.17, 15) is 4.79 Å². The number of carbonyl (C=O) groups is 1. The SMILES string of the molecule is COC(CNC(=O)c1ccno1)c1ccccc1Cl. The van der Waals surface area contributed by atoms with E-state index in [2.05, 4.69) is 10.5 Å². The normalized spacial score (nSPS) is 12.1. The molecule has 1 amide bonds. The molecule has 0 bridgehead atoms. The molecule has 1 unspecified atom stereocenters. The number of ether oxygens (including phenoxy) is 1. The summed E-state index contributed by atoms with van der Waals surface area (Å²) in [5.41, 5.74) is 0.824. The van der Waals surface area contributed by atoms with Crippen molar-refractivity contribution in [3.05, 3.63) is 52.9 Å². The third-order valence-corrected chi connectivity index (χ3v) is 2.99. The minimum atomic E-state index is -0.341. The van der Waals surface area contributed by atoms with Crippen LogP contribution in [0.4, 0.5) is 0 Å². The van der Waals surface area contributed by atoms with Gasteiger partial charge in [-0.25, -0.2) is 0 Å². The fraction of sp³-hybridized carbons (Fsp3) is 0.231. The fourth-order valence-corrected chi connectivity index (χ4v) is 1.92. The fourth-order valence-electron chi connectivity index (χ4n) is 1.66. The molecule has 0 aliphatic heterocycles. The first kappa shape index (κ1) is 13.6. The predicted molar refractivity (Wildman–Crippen MR) is 70.0 cm³/mol. The molecular formula is C13H13ClN2O3. The molecule has 2 rings (SSSR count).